The second-order valence-corrected chi connectivity index (χ2v) is 4.47. The average molecular weight is 229 g/mol. The van der Waals surface area contributed by atoms with Gasteiger partial charge in [0.25, 0.3) is 0 Å². The molecule has 2 unspecified atom stereocenters. The first-order valence-corrected chi connectivity index (χ1v) is 6.09. The van der Waals surface area contributed by atoms with Crippen molar-refractivity contribution >= 4 is 5.97 Å². The van der Waals surface area contributed by atoms with Gasteiger partial charge in [0.1, 0.15) is 0 Å². The fourth-order valence-electron chi connectivity index (χ4n) is 2.39. The highest BCUT2D eigenvalue weighted by molar-refractivity contribution is 5.69. The van der Waals surface area contributed by atoms with E-state index in [1.807, 2.05) is 0 Å². The lowest BCUT2D eigenvalue weighted by molar-refractivity contribution is -0.142. The van der Waals surface area contributed by atoms with E-state index in [4.69, 9.17) is 15.2 Å². The highest BCUT2D eigenvalue weighted by Gasteiger charge is 2.30. The molecule has 0 spiro atoms. The smallest absolute Gasteiger partial charge is 0.305 e. The molecular weight excluding hydrogens is 206 g/mol. The number of carbonyl (C=O) groups excluding carboxylic acids is 1. The van der Waals surface area contributed by atoms with Crippen LogP contribution in [0.4, 0.5) is 0 Å². The van der Waals surface area contributed by atoms with Crippen molar-refractivity contribution < 1.29 is 14.3 Å². The fraction of sp³-hybridized carbons (Fsp3) is 0.917. The Labute approximate surface area is 97.5 Å². The van der Waals surface area contributed by atoms with E-state index in [-0.39, 0.29) is 17.9 Å². The summed E-state index contributed by atoms with van der Waals surface area (Å²) in [6.45, 7) is 3.64. The highest BCUT2D eigenvalue weighted by atomic mass is 16.5. The van der Waals surface area contributed by atoms with Crippen molar-refractivity contribution in [1.82, 2.24) is 0 Å². The molecule has 2 atom stereocenters. The van der Waals surface area contributed by atoms with Crippen LogP contribution in [0.25, 0.3) is 0 Å². The molecule has 94 valence electrons. The topological polar surface area (TPSA) is 61.6 Å². The number of hydrogen-bond donors (Lipinski definition) is 1. The molecule has 0 aromatic carbocycles. The fourth-order valence-corrected chi connectivity index (χ4v) is 2.39. The lowest BCUT2D eigenvalue weighted by Gasteiger charge is -2.33. The zero-order chi connectivity index (χ0) is 12.0. The van der Waals surface area contributed by atoms with Crippen molar-refractivity contribution in [1.29, 1.82) is 0 Å². The summed E-state index contributed by atoms with van der Waals surface area (Å²) in [5, 5.41) is 0. The molecule has 2 N–H and O–H groups in total. The number of nitrogens with two attached hydrogens (primary N) is 1. The predicted octanol–water partition coefficient (Wildman–Crippen LogP) is 1.33. The summed E-state index contributed by atoms with van der Waals surface area (Å²) in [5.74, 6) is 0.588. The second-order valence-electron chi connectivity index (χ2n) is 4.47. The van der Waals surface area contributed by atoms with Crippen LogP contribution in [0.1, 0.15) is 32.6 Å². The maximum Gasteiger partial charge on any atom is 0.305 e. The Morgan fingerprint density at radius 1 is 1.50 bits per heavy atom. The number of carbonyl (C=O) groups is 1. The van der Waals surface area contributed by atoms with Gasteiger partial charge in [-0.05, 0) is 31.1 Å². The third kappa shape index (κ3) is 3.76. The van der Waals surface area contributed by atoms with Gasteiger partial charge in [-0.25, -0.2) is 0 Å². The van der Waals surface area contributed by atoms with Crippen LogP contribution < -0.4 is 5.73 Å². The molecule has 0 amide bonds. The van der Waals surface area contributed by atoms with Crippen LogP contribution in [-0.4, -0.2) is 32.3 Å². The summed E-state index contributed by atoms with van der Waals surface area (Å²) in [5.41, 5.74) is 6.10. The van der Waals surface area contributed by atoms with E-state index in [1.54, 1.807) is 0 Å². The van der Waals surface area contributed by atoms with E-state index in [0.29, 0.717) is 12.3 Å². The van der Waals surface area contributed by atoms with Crippen LogP contribution in [0.3, 0.4) is 0 Å². The molecule has 16 heavy (non-hydrogen) atoms. The Morgan fingerprint density at radius 3 is 2.62 bits per heavy atom. The van der Waals surface area contributed by atoms with Gasteiger partial charge >= 0.3 is 5.97 Å². The zero-order valence-corrected chi connectivity index (χ0v) is 10.3. The Bertz CT molecular complexity index is 214. The maximum atomic E-state index is 11.4. The van der Waals surface area contributed by atoms with E-state index < -0.39 is 0 Å². The van der Waals surface area contributed by atoms with Gasteiger partial charge in [0.2, 0.25) is 0 Å². The molecule has 0 saturated carbocycles. The molecular formula is C12H23NO3. The summed E-state index contributed by atoms with van der Waals surface area (Å²) in [6, 6.07) is 0.0854. The minimum absolute atomic E-state index is 0.0854. The second kappa shape index (κ2) is 6.86. The SMILES string of the molecule is CCC(N)C(CC(=O)OC)C1CCOCC1. The molecule has 1 fully saturated rings. The van der Waals surface area contributed by atoms with Crippen LogP contribution in [0.2, 0.25) is 0 Å². The minimum atomic E-state index is -0.152. The number of methoxy groups -OCH3 is 1. The molecule has 4 heteroatoms. The lowest BCUT2D eigenvalue weighted by Crippen LogP contribution is -2.38. The molecule has 1 aliphatic heterocycles. The number of rotatable bonds is 5. The number of ether oxygens (including phenoxy) is 2. The van der Waals surface area contributed by atoms with Crippen molar-refractivity contribution in [3.05, 3.63) is 0 Å². The quantitative estimate of drug-likeness (QED) is 0.722. The van der Waals surface area contributed by atoms with E-state index >= 15 is 0 Å². The lowest BCUT2D eigenvalue weighted by atomic mass is 9.78. The van der Waals surface area contributed by atoms with Gasteiger partial charge in [-0.1, -0.05) is 6.92 Å². The summed E-state index contributed by atoms with van der Waals surface area (Å²) >= 11 is 0. The molecule has 0 aliphatic carbocycles. The van der Waals surface area contributed by atoms with Crippen LogP contribution in [0.15, 0.2) is 0 Å². The first-order valence-electron chi connectivity index (χ1n) is 6.09. The third-order valence-corrected chi connectivity index (χ3v) is 3.52. The molecule has 1 heterocycles. The van der Waals surface area contributed by atoms with Gasteiger partial charge in [0.05, 0.1) is 13.5 Å². The maximum absolute atomic E-state index is 11.4. The first kappa shape index (κ1) is 13.5. The van der Waals surface area contributed by atoms with Crippen molar-refractivity contribution in [3.8, 4) is 0 Å². The van der Waals surface area contributed by atoms with Crippen molar-refractivity contribution in [2.24, 2.45) is 17.6 Å². The van der Waals surface area contributed by atoms with Crippen LogP contribution >= 0.6 is 0 Å². The van der Waals surface area contributed by atoms with Crippen molar-refractivity contribution in [2.45, 2.75) is 38.6 Å². The van der Waals surface area contributed by atoms with Gasteiger partial charge in [-0.15, -0.1) is 0 Å². The molecule has 1 saturated heterocycles. The van der Waals surface area contributed by atoms with Gasteiger partial charge in [-0.2, -0.15) is 0 Å². The molecule has 0 aromatic heterocycles. The van der Waals surface area contributed by atoms with E-state index in [1.165, 1.54) is 7.11 Å². The minimum Gasteiger partial charge on any atom is -0.469 e. The summed E-state index contributed by atoms with van der Waals surface area (Å²) in [7, 11) is 1.43. The van der Waals surface area contributed by atoms with E-state index in [2.05, 4.69) is 6.92 Å². The molecule has 1 aliphatic rings. The van der Waals surface area contributed by atoms with Crippen LogP contribution in [0.5, 0.6) is 0 Å². The zero-order valence-electron chi connectivity index (χ0n) is 10.3. The van der Waals surface area contributed by atoms with Gasteiger partial charge < -0.3 is 15.2 Å². The third-order valence-electron chi connectivity index (χ3n) is 3.52. The van der Waals surface area contributed by atoms with Crippen LogP contribution in [-0.2, 0) is 14.3 Å². The van der Waals surface area contributed by atoms with Crippen molar-refractivity contribution in [3.63, 3.8) is 0 Å². The standard InChI is InChI=1S/C12H23NO3/c1-3-11(13)10(8-12(14)15-2)9-4-6-16-7-5-9/h9-11H,3-8,13H2,1-2H3. The van der Waals surface area contributed by atoms with Crippen LogP contribution in [0, 0.1) is 11.8 Å². The summed E-state index contributed by atoms with van der Waals surface area (Å²) < 4.78 is 10.1. The van der Waals surface area contributed by atoms with Gasteiger partial charge in [0.15, 0.2) is 0 Å². The Balaban J connectivity index is 2.57. The molecule has 0 bridgehead atoms. The monoisotopic (exact) mass is 229 g/mol. The Morgan fingerprint density at radius 2 is 2.12 bits per heavy atom. The number of esters is 1. The molecule has 0 radical (unpaired) electrons. The molecule has 1 rings (SSSR count). The number of hydrogen-bond acceptors (Lipinski definition) is 4. The van der Waals surface area contributed by atoms with E-state index in [9.17, 15) is 4.79 Å². The first-order chi connectivity index (χ1) is 7.69. The summed E-state index contributed by atoms with van der Waals surface area (Å²) in [6.07, 6.45) is 3.36. The summed E-state index contributed by atoms with van der Waals surface area (Å²) in [4.78, 5) is 11.4. The largest absolute Gasteiger partial charge is 0.469 e. The van der Waals surface area contributed by atoms with E-state index in [0.717, 1.165) is 32.5 Å². The molecule has 4 nitrogen and oxygen atoms in total. The predicted molar refractivity (Wildman–Crippen MR) is 61.9 cm³/mol. The Hall–Kier alpha value is -0.610. The van der Waals surface area contributed by atoms with Gasteiger partial charge in [0, 0.05) is 19.3 Å². The van der Waals surface area contributed by atoms with Gasteiger partial charge in [-0.3, -0.25) is 4.79 Å². The Kier molecular flexibility index (Phi) is 5.77. The average Bonchev–Trinajstić information content (AvgIpc) is 2.35. The highest BCUT2D eigenvalue weighted by Crippen LogP contribution is 2.29. The normalized spacial score (nSPS) is 21.4. The van der Waals surface area contributed by atoms with Crippen molar-refractivity contribution in [2.75, 3.05) is 20.3 Å². The molecule has 0 aromatic rings.